The molecule has 0 atom stereocenters. The summed E-state index contributed by atoms with van der Waals surface area (Å²) in [7, 11) is 0. The van der Waals surface area contributed by atoms with Gasteiger partial charge in [-0.25, -0.2) is 4.98 Å². The third-order valence-corrected chi connectivity index (χ3v) is 6.16. The Labute approximate surface area is 181 Å². The van der Waals surface area contributed by atoms with Gasteiger partial charge in [0.2, 0.25) is 5.88 Å². The van der Waals surface area contributed by atoms with Crippen molar-refractivity contribution in [1.29, 1.82) is 0 Å². The highest BCUT2D eigenvalue weighted by molar-refractivity contribution is 7.99. The van der Waals surface area contributed by atoms with Crippen LogP contribution in [-0.4, -0.2) is 33.8 Å². The van der Waals surface area contributed by atoms with Gasteiger partial charge in [0.1, 0.15) is 10.8 Å². The molecule has 6 nitrogen and oxygen atoms in total. The smallest absolute Gasteiger partial charge is 0.307 e. The number of carboxylic acid groups (broad SMARTS) is 1. The van der Waals surface area contributed by atoms with E-state index in [0.717, 1.165) is 25.0 Å². The molecule has 0 radical (unpaired) electrons. The number of carbonyl (C=O) groups is 2. The molecule has 160 valence electrons. The van der Waals surface area contributed by atoms with Crippen LogP contribution in [0.5, 0.6) is 11.6 Å². The molecule has 2 N–H and O–H groups in total. The Morgan fingerprint density at radius 3 is 2.53 bits per heavy atom. The Balaban J connectivity index is 1.72. The van der Waals surface area contributed by atoms with Crippen molar-refractivity contribution in [2.75, 3.05) is 5.75 Å². The van der Waals surface area contributed by atoms with Crippen LogP contribution in [0, 0.1) is 0 Å². The fourth-order valence-corrected chi connectivity index (χ4v) is 4.31. The Hall–Kier alpha value is -2.54. The zero-order chi connectivity index (χ0) is 21.3. The van der Waals surface area contributed by atoms with Gasteiger partial charge in [-0.3, -0.25) is 9.59 Å². The highest BCUT2D eigenvalue weighted by atomic mass is 32.2. The summed E-state index contributed by atoms with van der Waals surface area (Å²) in [5.41, 5.74) is 1.29. The molecule has 0 saturated heterocycles. The first-order valence-electron chi connectivity index (χ1n) is 10.5. The zero-order valence-corrected chi connectivity index (χ0v) is 18.0. The van der Waals surface area contributed by atoms with Crippen LogP contribution in [0.25, 0.3) is 0 Å². The van der Waals surface area contributed by atoms with Gasteiger partial charge < -0.3 is 15.2 Å². The standard InChI is InChI=1S/C23H28N2O4S/c1-2-14-30-23-19(22(28)24-17-6-4-3-5-7-17)12-13-20(25-23)29-18-10-8-16(9-11-18)15-21(26)27/h8-13,17H,2-7,14-15H2,1H3,(H,24,28)(H,26,27). The molecule has 0 spiro atoms. The number of pyridine rings is 1. The maximum atomic E-state index is 12.8. The number of carbonyl (C=O) groups excluding carboxylic acids is 1. The average Bonchev–Trinajstić information content (AvgIpc) is 2.74. The lowest BCUT2D eigenvalue weighted by molar-refractivity contribution is -0.136. The van der Waals surface area contributed by atoms with Crippen LogP contribution in [0.4, 0.5) is 0 Å². The van der Waals surface area contributed by atoms with Crippen molar-refractivity contribution in [1.82, 2.24) is 10.3 Å². The van der Waals surface area contributed by atoms with Gasteiger partial charge in [0.25, 0.3) is 5.91 Å². The van der Waals surface area contributed by atoms with E-state index >= 15 is 0 Å². The number of hydrogen-bond acceptors (Lipinski definition) is 5. The van der Waals surface area contributed by atoms with Gasteiger partial charge in [0.05, 0.1) is 12.0 Å². The van der Waals surface area contributed by atoms with Crippen molar-refractivity contribution in [2.45, 2.75) is 62.9 Å². The molecule has 30 heavy (non-hydrogen) atoms. The van der Waals surface area contributed by atoms with Crippen LogP contribution >= 0.6 is 11.8 Å². The first-order chi connectivity index (χ1) is 14.5. The Morgan fingerprint density at radius 2 is 1.87 bits per heavy atom. The average molecular weight is 429 g/mol. The second-order valence-corrected chi connectivity index (χ2v) is 8.56. The number of nitrogens with one attached hydrogen (secondary N) is 1. The number of aromatic nitrogens is 1. The van der Waals surface area contributed by atoms with Gasteiger partial charge in [-0.2, -0.15) is 0 Å². The molecule has 2 aromatic rings. The molecule has 1 saturated carbocycles. The van der Waals surface area contributed by atoms with Crippen molar-refractivity contribution in [3.63, 3.8) is 0 Å². The summed E-state index contributed by atoms with van der Waals surface area (Å²) in [6.07, 6.45) is 6.60. The van der Waals surface area contributed by atoms with E-state index in [-0.39, 0.29) is 18.4 Å². The molecule has 1 amide bonds. The molecule has 1 aliphatic carbocycles. The van der Waals surface area contributed by atoms with Gasteiger partial charge in [0, 0.05) is 12.1 Å². The minimum atomic E-state index is -0.870. The lowest BCUT2D eigenvalue weighted by Crippen LogP contribution is -2.36. The van der Waals surface area contributed by atoms with Crippen molar-refractivity contribution in [3.8, 4) is 11.6 Å². The quantitative estimate of drug-likeness (QED) is 0.543. The molecule has 1 aromatic heterocycles. The van der Waals surface area contributed by atoms with E-state index in [0.29, 0.717) is 27.8 Å². The van der Waals surface area contributed by atoms with E-state index < -0.39 is 5.97 Å². The normalized spacial score (nSPS) is 14.3. The highest BCUT2D eigenvalue weighted by Crippen LogP contribution is 2.28. The van der Waals surface area contributed by atoms with Crippen LogP contribution in [0.2, 0.25) is 0 Å². The number of nitrogens with zero attached hydrogens (tertiary/aromatic N) is 1. The van der Waals surface area contributed by atoms with Crippen molar-refractivity contribution < 1.29 is 19.4 Å². The SMILES string of the molecule is CCCSc1nc(Oc2ccc(CC(=O)O)cc2)ccc1C(=O)NC1CCCCC1. The molecule has 1 fully saturated rings. The van der Waals surface area contributed by atoms with E-state index in [4.69, 9.17) is 9.84 Å². The summed E-state index contributed by atoms with van der Waals surface area (Å²) in [4.78, 5) is 28.2. The van der Waals surface area contributed by atoms with Gasteiger partial charge in [-0.15, -0.1) is 11.8 Å². The minimum absolute atomic E-state index is 0.0266. The summed E-state index contributed by atoms with van der Waals surface area (Å²) in [6, 6.07) is 10.6. The van der Waals surface area contributed by atoms with Crippen LogP contribution < -0.4 is 10.1 Å². The number of thioether (sulfide) groups is 1. The number of carboxylic acids is 1. The number of ether oxygens (including phenoxy) is 1. The molecule has 3 rings (SSSR count). The molecule has 1 aromatic carbocycles. The van der Waals surface area contributed by atoms with Gasteiger partial charge in [-0.05, 0) is 48.8 Å². The van der Waals surface area contributed by atoms with Crippen LogP contribution in [0.3, 0.4) is 0 Å². The van der Waals surface area contributed by atoms with Gasteiger partial charge in [-0.1, -0.05) is 38.3 Å². The molecule has 1 aliphatic rings. The third kappa shape index (κ3) is 6.49. The third-order valence-electron chi connectivity index (χ3n) is 4.96. The summed E-state index contributed by atoms with van der Waals surface area (Å²) >= 11 is 1.55. The van der Waals surface area contributed by atoms with Crippen LogP contribution in [-0.2, 0) is 11.2 Å². The molecule has 0 bridgehead atoms. The maximum absolute atomic E-state index is 12.8. The van der Waals surface area contributed by atoms with Crippen molar-refractivity contribution in [3.05, 3.63) is 47.5 Å². The van der Waals surface area contributed by atoms with Crippen molar-refractivity contribution in [2.24, 2.45) is 0 Å². The summed E-state index contributed by atoms with van der Waals surface area (Å²) < 4.78 is 5.84. The maximum Gasteiger partial charge on any atom is 0.307 e. The molecule has 1 heterocycles. The fraction of sp³-hybridized carbons (Fsp3) is 0.435. The predicted octanol–water partition coefficient (Wildman–Crippen LogP) is 5.07. The number of hydrogen-bond donors (Lipinski definition) is 2. The fourth-order valence-electron chi connectivity index (χ4n) is 3.44. The second-order valence-electron chi connectivity index (χ2n) is 7.48. The number of amides is 1. The topological polar surface area (TPSA) is 88.5 Å². The van der Waals surface area contributed by atoms with Crippen LogP contribution in [0.1, 0.15) is 61.4 Å². The monoisotopic (exact) mass is 428 g/mol. The molecule has 7 heteroatoms. The number of rotatable bonds is 9. The van der Waals surface area contributed by atoms with E-state index in [1.807, 2.05) is 0 Å². The molecule has 0 unspecified atom stereocenters. The largest absolute Gasteiger partial charge is 0.481 e. The first-order valence-corrected chi connectivity index (χ1v) is 11.5. The predicted molar refractivity (Wildman–Crippen MR) is 117 cm³/mol. The van der Waals surface area contributed by atoms with Gasteiger partial charge >= 0.3 is 5.97 Å². The number of aliphatic carboxylic acids is 1. The highest BCUT2D eigenvalue weighted by Gasteiger charge is 2.20. The van der Waals surface area contributed by atoms with Crippen LogP contribution in [0.15, 0.2) is 41.4 Å². The zero-order valence-electron chi connectivity index (χ0n) is 17.2. The van der Waals surface area contributed by atoms with E-state index in [2.05, 4.69) is 17.2 Å². The second kappa shape index (κ2) is 11.0. The lowest BCUT2D eigenvalue weighted by Gasteiger charge is -2.23. The molecular weight excluding hydrogens is 400 g/mol. The van der Waals surface area contributed by atoms with Crippen molar-refractivity contribution >= 4 is 23.6 Å². The molecular formula is C23H28N2O4S. The lowest BCUT2D eigenvalue weighted by atomic mass is 9.95. The van der Waals surface area contributed by atoms with E-state index in [1.165, 1.54) is 19.3 Å². The Bertz CT molecular complexity index is 864. The summed E-state index contributed by atoms with van der Waals surface area (Å²) in [6.45, 7) is 2.09. The molecule has 0 aliphatic heterocycles. The summed E-state index contributed by atoms with van der Waals surface area (Å²) in [5, 5.41) is 12.7. The van der Waals surface area contributed by atoms with E-state index in [1.54, 1.807) is 48.2 Å². The summed E-state index contributed by atoms with van der Waals surface area (Å²) in [5.74, 6) is 0.906. The van der Waals surface area contributed by atoms with E-state index in [9.17, 15) is 9.59 Å². The Kier molecular flexibility index (Phi) is 8.13. The number of benzene rings is 1. The first kappa shape index (κ1) is 22.2. The van der Waals surface area contributed by atoms with Gasteiger partial charge in [0.15, 0.2) is 0 Å². The minimum Gasteiger partial charge on any atom is -0.481 e. The Morgan fingerprint density at radius 1 is 1.13 bits per heavy atom.